The third-order valence-electron chi connectivity index (χ3n) is 3.23. The van der Waals surface area contributed by atoms with Gasteiger partial charge in [-0.3, -0.25) is 0 Å². The number of aliphatic hydroxyl groups is 3. The van der Waals surface area contributed by atoms with Crippen LogP contribution in [0.25, 0.3) is 0 Å². The second kappa shape index (κ2) is 14.1. The molecule has 0 amide bonds. The summed E-state index contributed by atoms with van der Waals surface area (Å²) in [6.07, 6.45) is 5.35. The van der Waals surface area contributed by atoms with Gasteiger partial charge >= 0.3 is 5.97 Å². The Morgan fingerprint density at radius 2 is 1.72 bits per heavy atom. The molecular formula is C21H23FO7. The molecule has 0 aliphatic rings. The summed E-state index contributed by atoms with van der Waals surface area (Å²) in [6, 6.07) is 5.44. The molecule has 0 radical (unpaired) electrons. The van der Waals surface area contributed by atoms with E-state index in [0.717, 1.165) is 0 Å². The number of aliphatic hydroxyl groups excluding tert-OH is 3. The highest BCUT2D eigenvalue weighted by molar-refractivity contribution is 5.67. The van der Waals surface area contributed by atoms with Crippen molar-refractivity contribution in [2.45, 2.75) is 18.3 Å². The van der Waals surface area contributed by atoms with Crippen molar-refractivity contribution in [2.75, 3.05) is 19.8 Å². The molecule has 0 bridgehead atoms. The molecule has 1 rings (SSSR count). The standard InChI is InChI=1S/C21H23FO7/c22-16-9-11-18(12-10-16)29-13-17(23)7-5-3-1-2-4-6-8-19(24)20(25)14-28-15-21(26)27/h2,4-12,17,19-20,23-25H,13-15H2,(H,26,27)/t17-,19-,20-/m0/s1. The molecule has 29 heavy (non-hydrogen) atoms. The highest BCUT2D eigenvalue weighted by Gasteiger charge is 2.13. The summed E-state index contributed by atoms with van der Waals surface area (Å²) in [5.41, 5.74) is 0. The van der Waals surface area contributed by atoms with Crippen LogP contribution in [0.4, 0.5) is 4.39 Å². The summed E-state index contributed by atoms with van der Waals surface area (Å²) >= 11 is 0. The van der Waals surface area contributed by atoms with E-state index in [2.05, 4.69) is 16.6 Å². The lowest BCUT2D eigenvalue weighted by molar-refractivity contribution is -0.143. The third kappa shape index (κ3) is 12.2. The molecule has 1 aromatic rings. The SMILES string of the molecule is O=C(O)COC[C@H](O)[C@@H](O)C=CC=CC#CC=C[C@H](O)COc1ccc(F)cc1. The van der Waals surface area contributed by atoms with Gasteiger partial charge in [-0.2, -0.15) is 0 Å². The summed E-state index contributed by atoms with van der Waals surface area (Å²) in [5, 5.41) is 37.3. The smallest absolute Gasteiger partial charge is 0.329 e. The molecule has 8 heteroatoms. The van der Waals surface area contributed by atoms with Crippen LogP contribution in [-0.2, 0) is 9.53 Å². The largest absolute Gasteiger partial charge is 0.491 e. The first-order valence-electron chi connectivity index (χ1n) is 8.61. The summed E-state index contributed by atoms with van der Waals surface area (Å²) in [4.78, 5) is 10.3. The van der Waals surface area contributed by atoms with E-state index in [0.29, 0.717) is 5.75 Å². The summed E-state index contributed by atoms with van der Waals surface area (Å²) in [6.45, 7) is -0.859. The molecule has 3 atom stereocenters. The number of allylic oxidation sites excluding steroid dienone is 4. The van der Waals surface area contributed by atoms with Crippen molar-refractivity contribution < 1.29 is 39.1 Å². The maximum absolute atomic E-state index is 12.8. The van der Waals surface area contributed by atoms with Gasteiger partial charge in [-0.25, -0.2) is 9.18 Å². The van der Waals surface area contributed by atoms with Crippen LogP contribution < -0.4 is 4.74 Å². The maximum atomic E-state index is 12.8. The normalized spacial score (nSPS) is 14.6. The summed E-state index contributed by atoms with van der Waals surface area (Å²) in [7, 11) is 0. The summed E-state index contributed by atoms with van der Waals surface area (Å²) in [5.74, 6) is 4.26. The number of benzene rings is 1. The quantitative estimate of drug-likeness (QED) is 0.321. The molecule has 0 aliphatic heterocycles. The Morgan fingerprint density at radius 1 is 1.03 bits per heavy atom. The lowest BCUT2D eigenvalue weighted by atomic mass is 10.2. The highest BCUT2D eigenvalue weighted by Crippen LogP contribution is 2.11. The second-order valence-electron chi connectivity index (χ2n) is 5.69. The number of rotatable bonds is 11. The number of carboxylic acid groups (broad SMARTS) is 1. The van der Waals surface area contributed by atoms with Crippen LogP contribution in [0.2, 0.25) is 0 Å². The number of aliphatic carboxylic acids is 1. The van der Waals surface area contributed by atoms with Crippen molar-refractivity contribution in [3.05, 3.63) is 66.5 Å². The number of ether oxygens (including phenoxy) is 2. The van der Waals surface area contributed by atoms with Crippen LogP contribution in [0.3, 0.4) is 0 Å². The Morgan fingerprint density at radius 3 is 2.41 bits per heavy atom. The second-order valence-corrected chi connectivity index (χ2v) is 5.69. The van der Waals surface area contributed by atoms with E-state index in [1.807, 2.05) is 0 Å². The molecule has 7 nitrogen and oxygen atoms in total. The molecule has 0 spiro atoms. The first-order valence-corrected chi connectivity index (χ1v) is 8.61. The minimum atomic E-state index is -1.24. The molecule has 156 valence electrons. The number of halogens is 1. The van der Waals surface area contributed by atoms with Crippen LogP contribution in [0, 0.1) is 17.7 Å². The first-order chi connectivity index (χ1) is 13.9. The average molecular weight is 406 g/mol. The van der Waals surface area contributed by atoms with Gasteiger partial charge in [0.25, 0.3) is 0 Å². The summed E-state index contributed by atoms with van der Waals surface area (Å²) < 4.78 is 22.7. The number of carbonyl (C=O) groups is 1. The first kappa shape index (κ1) is 24.1. The van der Waals surface area contributed by atoms with Gasteiger partial charge in [0.2, 0.25) is 0 Å². The maximum Gasteiger partial charge on any atom is 0.329 e. The highest BCUT2D eigenvalue weighted by atomic mass is 19.1. The zero-order valence-corrected chi connectivity index (χ0v) is 15.5. The van der Waals surface area contributed by atoms with E-state index in [1.54, 1.807) is 0 Å². The molecule has 0 saturated heterocycles. The van der Waals surface area contributed by atoms with E-state index in [9.17, 15) is 24.5 Å². The van der Waals surface area contributed by atoms with E-state index < -0.39 is 30.9 Å². The lowest BCUT2D eigenvalue weighted by Gasteiger charge is -2.13. The molecule has 1 aromatic carbocycles. The van der Waals surface area contributed by atoms with E-state index in [4.69, 9.17) is 9.84 Å². The van der Waals surface area contributed by atoms with E-state index >= 15 is 0 Å². The molecular weight excluding hydrogens is 383 g/mol. The van der Waals surface area contributed by atoms with Crippen LogP contribution in [-0.4, -0.2) is 64.5 Å². The third-order valence-corrected chi connectivity index (χ3v) is 3.23. The Balaban J connectivity index is 2.27. The zero-order valence-electron chi connectivity index (χ0n) is 15.5. The van der Waals surface area contributed by atoms with Gasteiger partial charge in [-0.15, -0.1) is 0 Å². The van der Waals surface area contributed by atoms with Crippen molar-refractivity contribution >= 4 is 5.97 Å². The minimum Gasteiger partial charge on any atom is -0.491 e. The Bertz CT molecular complexity index is 759. The van der Waals surface area contributed by atoms with Gasteiger partial charge < -0.3 is 29.9 Å². The molecule has 0 aromatic heterocycles. The van der Waals surface area contributed by atoms with Crippen molar-refractivity contribution in [3.63, 3.8) is 0 Å². The van der Waals surface area contributed by atoms with Crippen molar-refractivity contribution in [2.24, 2.45) is 0 Å². The van der Waals surface area contributed by atoms with Crippen LogP contribution in [0.5, 0.6) is 5.75 Å². The predicted molar refractivity (Wildman–Crippen MR) is 104 cm³/mol. The Hall–Kier alpha value is -2.96. The van der Waals surface area contributed by atoms with E-state index in [-0.39, 0.29) is 19.0 Å². The lowest BCUT2D eigenvalue weighted by Crippen LogP contribution is -2.29. The number of carboxylic acids is 1. The van der Waals surface area contributed by atoms with Crippen molar-refractivity contribution in [3.8, 4) is 17.6 Å². The van der Waals surface area contributed by atoms with Gasteiger partial charge in [-0.05, 0) is 42.5 Å². The Kier molecular flexibility index (Phi) is 11.7. The molecule has 0 fully saturated rings. The predicted octanol–water partition coefficient (Wildman–Crippen LogP) is 1.06. The molecule has 0 saturated carbocycles. The van der Waals surface area contributed by atoms with Crippen molar-refractivity contribution in [1.82, 2.24) is 0 Å². The Labute approximate surface area is 168 Å². The van der Waals surface area contributed by atoms with Gasteiger partial charge in [0.1, 0.15) is 43.1 Å². The fraction of sp³-hybridized carbons (Fsp3) is 0.286. The molecule has 4 N–H and O–H groups in total. The topological polar surface area (TPSA) is 116 Å². The van der Waals surface area contributed by atoms with Crippen LogP contribution in [0.15, 0.2) is 60.7 Å². The van der Waals surface area contributed by atoms with Crippen LogP contribution >= 0.6 is 0 Å². The fourth-order valence-electron chi connectivity index (χ4n) is 1.80. The van der Waals surface area contributed by atoms with Gasteiger partial charge in [0.15, 0.2) is 0 Å². The molecule has 0 unspecified atom stereocenters. The number of hydrogen-bond acceptors (Lipinski definition) is 6. The van der Waals surface area contributed by atoms with Gasteiger partial charge in [0.05, 0.1) is 6.61 Å². The fourth-order valence-corrected chi connectivity index (χ4v) is 1.80. The monoisotopic (exact) mass is 406 g/mol. The minimum absolute atomic E-state index is 0.00121. The van der Waals surface area contributed by atoms with E-state index in [1.165, 1.54) is 60.7 Å². The zero-order chi connectivity index (χ0) is 21.5. The van der Waals surface area contributed by atoms with Crippen LogP contribution in [0.1, 0.15) is 0 Å². The average Bonchev–Trinajstić information content (AvgIpc) is 2.69. The number of hydrogen-bond donors (Lipinski definition) is 4. The van der Waals surface area contributed by atoms with Crippen molar-refractivity contribution in [1.29, 1.82) is 0 Å². The molecule has 0 heterocycles. The molecule has 0 aliphatic carbocycles. The van der Waals surface area contributed by atoms with Gasteiger partial charge in [-0.1, -0.05) is 30.1 Å². The van der Waals surface area contributed by atoms with Gasteiger partial charge in [0, 0.05) is 0 Å².